The Balaban J connectivity index is 2.53. The summed E-state index contributed by atoms with van der Waals surface area (Å²) in [5, 5.41) is 8.69. The molecule has 2 aromatic heterocycles. The molecule has 74 valence electrons. The molecule has 5 nitrogen and oxygen atoms in total. The van der Waals surface area contributed by atoms with Gasteiger partial charge in [0.2, 0.25) is 5.91 Å². The second-order valence-corrected chi connectivity index (χ2v) is 3.15. The van der Waals surface area contributed by atoms with E-state index < -0.39 is 5.91 Å². The van der Waals surface area contributed by atoms with E-state index in [2.05, 4.69) is 4.98 Å². The molecule has 0 radical (unpaired) electrons. The zero-order chi connectivity index (χ0) is 10.8. The van der Waals surface area contributed by atoms with E-state index in [1.165, 1.54) is 0 Å². The van der Waals surface area contributed by atoms with E-state index in [1.54, 1.807) is 28.9 Å². The number of carbonyl (C=O) groups excluding carboxylic acids is 1. The Morgan fingerprint density at radius 3 is 3.13 bits per heavy atom. The number of imidazole rings is 1. The average Bonchev–Trinajstić information content (AvgIpc) is 2.60. The van der Waals surface area contributed by atoms with Crippen molar-refractivity contribution < 1.29 is 4.79 Å². The molecule has 5 heteroatoms. The van der Waals surface area contributed by atoms with Crippen LogP contribution in [0.5, 0.6) is 0 Å². The minimum Gasteiger partial charge on any atom is -0.369 e. The number of amides is 1. The van der Waals surface area contributed by atoms with E-state index in [1.807, 2.05) is 6.07 Å². The highest BCUT2D eigenvalue weighted by molar-refractivity contribution is 5.76. The number of rotatable bonds is 2. The smallest absolute Gasteiger partial charge is 0.223 e. The van der Waals surface area contributed by atoms with Crippen LogP contribution in [-0.2, 0) is 11.2 Å². The molecule has 0 aliphatic heterocycles. The summed E-state index contributed by atoms with van der Waals surface area (Å²) in [5.41, 5.74) is 7.01. The van der Waals surface area contributed by atoms with Crippen LogP contribution >= 0.6 is 0 Å². The van der Waals surface area contributed by atoms with Gasteiger partial charge >= 0.3 is 0 Å². The summed E-state index contributed by atoms with van der Waals surface area (Å²) in [4.78, 5) is 14.8. The molecule has 0 saturated carbocycles. The Bertz CT molecular complexity index is 564. The van der Waals surface area contributed by atoms with Gasteiger partial charge in [0, 0.05) is 12.4 Å². The molecule has 0 unspecified atom stereocenters. The van der Waals surface area contributed by atoms with Crippen LogP contribution in [-0.4, -0.2) is 15.3 Å². The van der Waals surface area contributed by atoms with Crippen LogP contribution in [0, 0.1) is 11.3 Å². The number of carbonyl (C=O) groups is 1. The van der Waals surface area contributed by atoms with Crippen LogP contribution in [0.3, 0.4) is 0 Å². The maximum Gasteiger partial charge on any atom is 0.223 e. The van der Waals surface area contributed by atoms with Gasteiger partial charge in [0.25, 0.3) is 0 Å². The van der Waals surface area contributed by atoms with Gasteiger partial charge in [-0.25, -0.2) is 4.98 Å². The number of nitrogens with two attached hydrogens (primary N) is 1. The summed E-state index contributed by atoms with van der Waals surface area (Å²) in [7, 11) is 0. The van der Waals surface area contributed by atoms with Crippen LogP contribution < -0.4 is 5.73 Å². The topological polar surface area (TPSA) is 84.2 Å². The highest BCUT2D eigenvalue weighted by Gasteiger charge is 2.06. The van der Waals surface area contributed by atoms with E-state index in [0.717, 1.165) is 5.69 Å². The van der Waals surface area contributed by atoms with Crippen molar-refractivity contribution in [2.75, 3.05) is 0 Å². The van der Waals surface area contributed by atoms with Crippen molar-refractivity contribution in [3.8, 4) is 6.07 Å². The Morgan fingerprint density at radius 2 is 2.47 bits per heavy atom. The lowest BCUT2D eigenvalue weighted by Gasteiger charge is -1.98. The number of primary amides is 1. The molecule has 15 heavy (non-hydrogen) atoms. The number of fused-ring (bicyclic) bond motifs is 1. The molecule has 0 aliphatic rings. The van der Waals surface area contributed by atoms with Crippen LogP contribution in [0.1, 0.15) is 11.3 Å². The van der Waals surface area contributed by atoms with Crippen molar-refractivity contribution >= 4 is 11.6 Å². The molecule has 0 saturated heterocycles. The summed E-state index contributed by atoms with van der Waals surface area (Å²) in [5.74, 6) is -0.402. The van der Waals surface area contributed by atoms with Gasteiger partial charge in [0.1, 0.15) is 5.65 Å². The summed E-state index contributed by atoms with van der Waals surface area (Å²) in [6.07, 6.45) is 3.44. The van der Waals surface area contributed by atoms with Crippen LogP contribution in [0.2, 0.25) is 0 Å². The number of aromatic nitrogens is 2. The molecular formula is C10H8N4O. The third-order valence-electron chi connectivity index (χ3n) is 2.07. The van der Waals surface area contributed by atoms with Gasteiger partial charge in [-0.05, 0) is 12.1 Å². The van der Waals surface area contributed by atoms with E-state index in [4.69, 9.17) is 11.0 Å². The summed E-state index contributed by atoms with van der Waals surface area (Å²) in [6, 6.07) is 5.35. The molecule has 1 amide bonds. The Hall–Kier alpha value is -2.35. The molecule has 0 aliphatic carbocycles. The van der Waals surface area contributed by atoms with Gasteiger partial charge in [-0.1, -0.05) is 0 Å². The summed E-state index contributed by atoms with van der Waals surface area (Å²) < 4.78 is 1.74. The lowest BCUT2D eigenvalue weighted by atomic mass is 10.3. The van der Waals surface area contributed by atoms with Crippen molar-refractivity contribution in [2.45, 2.75) is 6.42 Å². The maximum atomic E-state index is 10.8. The molecule has 2 heterocycles. The minimum atomic E-state index is -0.402. The van der Waals surface area contributed by atoms with E-state index in [-0.39, 0.29) is 6.42 Å². The van der Waals surface area contributed by atoms with Gasteiger partial charge in [0.15, 0.2) is 0 Å². The molecule has 0 aromatic carbocycles. The van der Waals surface area contributed by atoms with Gasteiger partial charge in [-0.2, -0.15) is 5.26 Å². The first-order valence-electron chi connectivity index (χ1n) is 4.35. The van der Waals surface area contributed by atoms with Crippen molar-refractivity contribution in [3.63, 3.8) is 0 Å². The largest absolute Gasteiger partial charge is 0.369 e. The number of hydrogen-bond donors (Lipinski definition) is 1. The SMILES string of the molecule is N#Cc1ccn2c(CC(N)=O)cnc2c1. The highest BCUT2D eigenvalue weighted by atomic mass is 16.1. The number of hydrogen-bond acceptors (Lipinski definition) is 3. The van der Waals surface area contributed by atoms with Crippen LogP contribution in [0.25, 0.3) is 5.65 Å². The van der Waals surface area contributed by atoms with Crippen molar-refractivity contribution in [3.05, 3.63) is 35.8 Å². The van der Waals surface area contributed by atoms with Gasteiger partial charge < -0.3 is 10.1 Å². The average molecular weight is 200 g/mol. The molecular weight excluding hydrogens is 192 g/mol. The highest BCUT2D eigenvalue weighted by Crippen LogP contribution is 2.09. The number of nitriles is 1. The number of nitrogens with zero attached hydrogens (tertiary/aromatic N) is 3. The van der Waals surface area contributed by atoms with Crippen molar-refractivity contribution in [2.24, 2.45) is 5.73 Å². The van der Waals surface area contributed by atoms with Gasteiger partial charge in [0.05, 0.1) is 23.7 Å². The number of pyridine rings is 1. The monoisotopic (exact) mass is 200 g/mol. The van der Waals surface area contributed by atoms with Crippen LogP contribution in [0.4, 0.5) is 0 Å². The van der Waals surface area contributed by atoms with E-state index in [0.29, 0.717) is 11.2 Å². The third kappa shape index (κ3) is 1.65. The minimum absolute atomic E-state index is 0.146. The zero-order valence-electron chi connectivity index (χ0n) is 7.84. The fourth-order valence-corrected chi connectivity index (χ4v) is 1.41. The summed E-state index contributed by atoms with van der Waals surface area (Å²) in [6.45, 7) is 0. The van der Waals surface area contributed by atoms with E-state index in [9.17, 15) is 4.79 Å². The molecule has 2 rings (SSSR count). The van der Waals surface area contributed by atoms with Crippen molar-refractivity contribution in [1.29, 1.82) is 5.26 Å². The molecule has 0 atom stereocenters. The fourth-order valence-electron chi connectivity index (χ4n) is 1.41. The molecule has 0 fully saturated rings. The quantitative estimate of drug-likeness (QED) is 0.753. The first-order valence-corrected chi connectivity index (χ1v) is 4.35. The second kappa shape index (κ2) is 3.42. The lowest BCUT2D eigenvalue weighted by molar-refractivity contribution is -0.117. The standard InChI is InChI=1S/C10H8N4O/c11-5-7-1-2-14-8(4-9(12)15)6-13-10(14)3-7/h1-3,6H,4H2,(H2,12,15). The Kier molecular flexibility index (Phi) is 2.10. The predicted molar refractivity (Wildman–Crippen MR) is 52.8 cm³/mol. The fraction of sp³-hybridized carbons (Fsp3) is 0.100. The maximum absolute atomic E-state index is 10.8. The predicted octanol–water partition coefficient (Wildman–Crippen LogP) is 0.234. The summed E-state index contributed by atoms with van der Waals surface area (Å²) >= 11 is 0. The van der Waals surface area contributed by atoms with Crippen molar-refractivity contribution in [1.82, 2.24) is 9.38 Å². The van der Waals surface area contributed by atoms with Gasteiger partial charge in [-0.3, -0.25) is 4.79 Å². The van der Waals surface area contributed by atoms with Crippen LogP contribution in [0.15, 0.2) is 24.5 Å². The molecule has 0 spiro atoms. The first-order chi connectivity index (χ1) is 7.20. The third-order valence-corrected chi connectivity index (χ3v) is 2.07. The normalized spacial score (nSPS) is 10.1. The molecule has 2 N–H and O–H groups in total. The first kappa shape index (κ1) is 9.21. The second-order valence-electron chi connectivity index (χ2n) is 3.15. The molecule has 0 bridgehead atoms. The Labute approximate surface area is 85.8 Å². The zero-order valence-corrected chi connectivity index (χ0v) is 7.84. The Morgan fingerprint density at radius 1 is 1.67 bits per heavy atom. The molecule has 2 aromatic rings. The lowest BCUT2D eigenvalue weighted by Crippen LogP contribution is -2.14. The van der Waals surface area contributed by atoms with E-state index >= 15 is 0 Å². The van der Waals surface area contributed by atoms with Gasteiger partial charge in [-0.15, -0.1) is 0 Å².